The predicted molar refractivity (Wildman–Crippen MR) is 119 cm³/mol. The van der Waals surface area contributed by atoms with Gasteiger partial charge in [-0.1, -0.05) is 79.3 Å². The van der Waals surface area contributed by atoms with Gasteiger partial charge in [-0.25, -0.2) is 9.59 Å². The molecule has 0 unspecified atom stereocenters. The Hall–Kier alpha value is -1.55. The molecule has 164 valence electrons. The van der Waals surface area contributed by atoms with Gasteiger partial charge in [0.1, 0.15) is 0 Å². The van der Waals surface area contributed by atoms with Crippen LogP contribution in [0.5, 0.6) is 0 Å². The highest BCUT2D eigenvalue weighted by Crippen LogP contribution is 2.26. The third-order valence-corrected chi connectivity index (χ3v) is 4.55. The second-order valence-corrected chi connectivity index (χ2v) is 10.5. The zero-order chi connectivity index (χ0) is 22.2. The molecule has 29 heavy (non-hydrogen) atoms. The van der Waals surface area contributed by atoms with Gasteiger partial charge in [0.15, 0.2) is 0 Å². The van der Waals surface area contributed by atoms with E-state index in [1.165, 1.54) is 0 Å². The molecule has 0 aliphatic heterocycles. The van der Waals surface area contributed by atoms with Gasteiger partial charge in [-0.05, 0) is 41.4 Å². The van der Waals surface area contributed by atoms with Gasteiger partial charge < -0.3 is 9.47 Å². The summed E-state index contributed by atoms with van der Waals surface area (Å²) < 4.78 is 10.9. The third kappa shape index (κ3) is 9.66. The van der Waals surface area contributed by atoms with Gasteiger partial charge in [0.2, 0.25) is 0 Å². The average Bonchev–Trinajstić information content (AvgIpc) is 2.60. The van der Waals surface area contributed by atoms with Crippen LogP contribution in [0.4, 0.5) is 0 Å². The monoisotopic (exact) mass is 424 g/mol. The Morgan fingerprint density at radius 2 is 1.31 bits per heavy atom. The van der Waals surface area contributed by atoms with E-state index in [-0.39, 0.29) is 35.2 Å². The first-order valence-corrected chi connectivity index (χ1v) is 10.9. The van der Waals surface area contributed by atoms with Crippen LogP contribution in [-0.4, -0.2) is 25.2 Å². The molecule has 0 atom stereocenters. The maximum Gasteiger partial charge on any atom is 0.339 e. The van der Waals surface area contributed by atoms with Crippen LogP contribution in [0.1, 0.15) is 100 Å². The largest absolute Gasteiger partial charge is 0.462 e. The molecule has 0 spiro atoms. The van der Waals surface area contributed by atoms with Crippen molar-refractivity contribution in [2.75, 3.05) is 13.2 Å². The molecule has 0 saturated heterocycles. The second-order valence-electron chi connectivity index (χ2n) is 10.1. The Labute approximate surface area is 181 Å². The summed E-state index contributed by atoms with van der Waals surface area (Å²) in [5.41, 5.74) is 0.903. The first-order valence-electron chi connectivity index (χ1n) is 10.5. The molecule has 0 fully saturated rings. The summed E-state index contributed by atoms with van der Waals surface area (Å²) >= 11 is 6.44. The highest BCUT2D eigenvalue weighted by molar-refractivity contribution is 6.32. The number of carbonyl (C=O) groups is 2. The van der Waals surface area contributed by atoms with Gasteiger partial charge in [0.05, 0.1) is 24.3 Å². The third-order valence-electron chi connectivity index (χ3n) is 4.20. The molecule has 4 nitrogen and oxygen atoms in total. The SMILES string of the molecule is CCCCCCc1cc(C(=O)OCC(C)(C)C)c(C(=O)OCC(C)(C)C)cc1Cl. The number of hydrogen-bond donors (Lipinski definition) is 0. The van der Waals surface area contributed by atoms with Gasteiger partial charge in [-0.15, -0.1) is 0 Å². The first kappa shape index (κ1) is 25.5. The zero-order valence-corrected chi connectivity index (χ0v) is 19.9. The van der Waals surface area contributed by atoms with E-state index in [0.717, 1.165) is 37.7 Å². The fourth-order valence-electron chi connectivity index (χ4n) is 2.61. The lowest BCUT2D eigenvalue weighted by atomic mass is 9.97. The molecule has 0 saturated carbocycles. The number of halogens is 1. The van der Waals surface area contributed by atoms with Crippen molar-refractivity contribution in [2.45, 2.75) is 80.6 Å². The summed E-state index contributed by atoms with van der Waals surface area (Å²) in [6.45, 7) is 14.6. The van der Waals surface area contributed by atoms with Crippen molar-refractivity contribution in [3.63, 3.8) is 0 Å². The quantitative estimate of drug-likeness (QED) is 0.320. The molecule has 0 heterocycles. The standard InChI is InChI=1S/C24H37ClO4/c1-8-9-10-11-12-17-13-18(21(26)28-15-23(2,3)4)19(14-20(17)25)22(27)29-16-24(5,6)7/h13-14H,8-12,15-16H2,1-7H3. The normalized spacial score (nSPS) is 12.0. The van der Waals surface area contributed by atoms with Crippen LogP contribution in [0.2, 0.25) is 5.02 Å². The molecule has 0 aliphatic carbocycles. The van der Waals surface area contributed by atoms with Crippen molar-refractivity contribution < 1.29 is 19.1 Å². The summed E-state index contributed by atoms with van der Waals surface area (Å²) in [5.74, 6) is -1.07. The Kier molecular flexibility index (Phi) is 9.67. The van der Waals surface area contributed by atoms with Gasteiger partial charge in [0, 0.05) is 5.02 Å². The van der Waals surface area contributed by atoms with E-state index < -0.39 is 11.9 Å². The Balaban J connectivity index is 3.14. The number of hydrogen-bond acceptors (Lipinski definition) is 4. The van der Waals surface area contributed by atoms with Crippen molar-refractivity contribution >= 4 is 23.5 Å². The number of benzene rings is 1. The molecule has 0 bridgehead atoms. The van der Waals surface area contributed by atoms with Crippen molar-refractivity contribution in [2.24, 2.45) is 10.8 Å². The molecule has 5 heteroatoms. The smallest absolute Gasteiger partial charge is 0.339 e. The molecule has 1 aromatic carbocycles. The lowest BCUT2D eigenvalue weighted by Gasteiger charge is -2.20. The predicted octanol–water partition coefficient (Wildman–Crippen LogP) is 6.87. The van der Waals surface area contributed by atoms with E-state index in [0.29, 0.717) is 5.02 Å². The number of aryl methyl sites for hydroxylation is 1. The van der Waals surface area contributed by atoms with Gasteiger partial charge in [-0.3, -0.25) is 0 Å². The summed E-state index contributed by atoms with van der Waals surface area (Å²) in [7, 11) is 0. The lowest BCUT2D eigenvalue weighted by Crippen LogP contribution is -2.22. The van der Waals surface area contributed by atoms with Crippen molar-refractivity contribution in [1.82, 2.24) is 0 Å². The van der Waals surface area contributed by atoms with Crippen molar-refractivity contribution in [1.29, 1.82) is 0 Å². The van der Waals surface area contributed by atoms with Crippen LogP contribution in [0.3, 0.4) is 0 Å². The van der Waals surface area contributed by atoms with Gasteiger partial charge in [0.25, 0.3) is 0 Å². The maximum atomic E-state index is 12.8. The van der Waals surface area contributed by atoms with E-state index in [2.05, 4.69) is 6.92 Å². The molecule has 0 aromatic heterocycles. The minimum atomic E-state index is -0.554. The van der Waals surface area contributed by atoms with Crippen LogP contribution in [0.15, 0.2) is 12.1 Å². The zero-order valence-electron chi connectivity index (χ0n) is 19.1. The molecule has 1 rings (SSSR count). The van der Waals surface area contributed by atoms with E-state index in [4.69, 9.17) is 21.1 Å². The first-order chi connectivity index (χ1) is 13.3. The molecule has 1 aromatic rings. The Bertz CT molecular complexity index is 696. The number of unbranched alkanes of at least 4 members (excludes halogenated alkanes) is 3. The minimum absolute atomic E-state index is 0.162. The summed E-state index contributed by atoms with van der Waals surface area (Å²) in [6.07, 6.45) is 5.16. The Morgan fingerprint density at radius 3 is 1.76 bits per heavy atom. The van der Waals surface area contributed by atoms with Crippen molar-refractivity contribution in [3.8, 4) is 0 Å². The fourth-order valence-corrected chi connectivity index (χ4v) is 2.87. The van der Waals surface area contributed by atoms with Crippen LogP contribution in [0, 0.1) is 10.8 Å². The summed E-state index contributed by atoms with van der Waals surface area (Å²) in [6, 6.07) is 3.25. The molecular weight excluding hydrogens is 388 g/mol. The fraction of sp³-hybridized carbons (Fsp3) is 0.667. The summed E-state index contributed by atoms with van der Waals surface area (Å²) in [4.78, 5) is 25.5. The average molecular weight is 425 g/mol. The number of esters is 2. The highest BCUT2D eigenvalue weighted by Gasteiger charge is 2.25. The number of carbonyl (C=O) groups excluding carboxylic acids is 2. The van der Waals surface area contributed by atoms with Crippen LogP contribution >= 0.6 is 11.6 Å². The minimum Gasteiger partial charge on any atom is -0.462 e. The lowest BCUT2D eigenvalue weighted by molar-refractivity contribution is 0.0322. The van der Waals surface area contributed by atoms with E-state index in [1.54, 1.807) is 12.1 Å². The summed E-state index contributed by atoms with van der Waals surface area (Å²) in [5, 5.41) is 0.483. The maximum absolute atomic E-state index is 12.8. The number of ether oxygens (including phenoxy) is 2. The molecule has 0 N–H and O–H groups in total. The van der Waals surface area contributed by atoms with E-state index in [9.17, 15) is 9.59 Å². The van der Waals surface area contributed by atoms with E-state index >= 15 is 0 Å². The molecule has 0 aliphatic rings. The van der Waals surface area contributed by atoms with Crippen molar-refractivity contribution in [3.05, 3.63) is 33.8 Å². The van der Waals surface area contributed by atoms with Crippen LogP contribution in [0.25, 0.3) is 0 Å². The molecule has 0 amide bonds. The van der Waals surface area contributed by atoms with Gasteiger partial charge >= 0.3 is 11.9 Å². The van der Waals surface area contributed by atoms with Gasteiger partial charge in [-0.2, -0.15) is 0 Å². The second kappa shape index (κ2) is 11.0. The topological polar surface area (TPSA) is 52.6 Å². The van der Waals surface area contributed by atoms with Crippen LogP contribution in [-0.2, 0) is 15.9 Å². The Morgan fingerprint density at radius 1 is 0.828 bits per heavy atom. The van der Waals surface area contributed by atoms with Crippen LogP contribution < -0.4 is 0 Å². The molecular formula is C24H37ClO4. The van der Waals surface area contributed by atoms with E-state index in [1.807, 2.05) is 41.5 Å². The highest BCUT2D eigenvalue weighted by atomic mass is 35.5. The molecule has 0 radical (unpaired) electrons. The number of rotatable bonds is 9.